The average Bonchev–Trinajstić information content (AvgIpc) is 3.12. The lowest BCUT2D eigenvalue weighted by molar-refractivity contribution is -0.141. The van der Waals surface area contributed by atoms with E-state index >= 15 is 0 Å². The maximum atomic E-state index is 12.7. The highest BCUT2D eigenvalue weighted by Crippen LogP contribution is 2.24. The quantitative estimate of drug-likeness (QED) is 0.857. The van der Waals surface area contributed by atoms with Crippen molar-refractivity contribution >= 4 is 23.4 Å². The lowest BCUT2D eigenvalue weighted by Crippen LogP contribution is -2.49. The zero-order chi connectivity index (χ0) is 17.8. The molecular weight excluding hydrogens is 322 g/mol. The Morgan fingerprint density at radius 2 is 2.00 bits per heavy atom. The lowest BCUT2D eigenvalue weighted by atomic mass is 9.97. The number of carbonyl (C=O) groups excluding carboxylic acids is 3. The standard InChI is InChI=1S/C18H23N3O4/c1-25-14-7-5-13(6-8-14)20-17(23)15-3-2-10-21(15)18(24)12-4-9-16(22)19-11-12/h5-8,12,15H,2-4,9-11H2,1H3,(H,19,22)(H,20,23)/t12-,15+/m1/s1. The van der Waals surface area contributed by atoms with Gasteiger partial charge in [0.2, 0.25) is 17.7 Å². The Bertz CT molecular complexity index is 649. The first kappa shape index (κ1) is 17.3. The van der Waals surface area contributed by atoms with Crippen LogP contribution < -0.4 is 15.4 Å². The fourth-order valence-electron chi connectivity index (χ4n) is 3.38. The summed E-state index contributed by atoms with van der Waals surface area (Å²) >= 11 is 0. The highest BCUT2D eigenvalue weighted by Gasteiger charge is 2.38. The predicted molar refractivity (Wildman–Crippen MR) is 92.1 cm³/mol. The fraction of sp³-hybridized carbons (Fsp3) is 0.500. The molecule has 2 saturated heterocycles. The van der Waals surface area contributed by atoms with Crippen LogP contribution in [0.2, 0.25) is 0 Å². The maximum absolute atomic E-state index is 12.7. The molecule has 2 atom stereocenters. The second-order valence-corrected chi connectivity index (χ2v) is 6.45. The van der Waals surface area contributed by atoms with Gasteiger partial charge < -0.3 is 20.3 Å². The van der Waals surface area contributed by atoms with Crippen molar-refractivity contribution < 1.29 is 19.1 Å². The van der Waals surface area contributed by atoms with Crippen LogP contribution in [0.15, 0.2) is 24.3 Å². The number of anilines is 1. The molecule has 0 aliphatic carbocycles. The highest BCUT2D eigenvalue weighted by molar-refractivity contribution is 5.98. The third-order valence-electron chi connectivity index (χ3n) is 4.81. The third-order valence-corrected chi connectivity index (χ3v) is 4.81. The van der Waals surface area contributed by atoms with E-state index in [0.29, 0.717) is 38.0 Å². The summed E-state index contributed by atoms with van der Waals surface area (Å²) < 4.78 is 5.10. The van der Waals surface area contributed by atoms with Gasteiger partial charge in [-0.1, -0.05) is 0 Å². The van der Waals surface area contributed by atoms with Gasteiger partial charge in [-0.3, -0.25) is 14.4 Å². The average molecular weight is 345 g/mol. The Hall–Kier alpha value is -2.57. The van der Waals surface area contributed by atoms with Gasteiger partial charge in [-0.05, 0) is 43.5 Å². The molecule has 0 bridgehead atoms. The first-order valence-corrected chi connectivity index (χ1v) is 8.60. The van der Waals surface area contributed by atoms with Gasteiger partial charge in [0.15, 0.2) is 0 Å². The van der Waals surface area contributed by atoms with Gasteiger partial charge in [0, 0.05) is 25.2 Å². The number of carbonyl (C=O) groups is 3. The first-order valence-electron chi connectivity index (χ1n) is 8.60. The first-order chi connectivity index (χ1) is 12.1. The Morgan fingerprint density at radius 3 is 2.64 bits per heavy atom. The van der Waals surface area contributed by atoms with Crippen molar-refractivity contribution in [1.29, 1.82) is 0 Å². The predicted octanol–water partition coefficient (Wildman–Crippen LogP) is 1.15. The number of amides is 3. The molecule has 2 heterocycles. The van der Waals surface area contributed by atoms with Crippen molar-refractivity contribution in [3.8, 4) is 5.75 Å². The van der Waals surface area contributed by atoms with Crippen molar-refractivity contribution in [3.63, 3.8) is 0 Å². The lowest BCUT2D eigenvalue weighted by Gasteiger charge is -2.30. The fourth-order valence-corrected chi connectivity index (χ4v) is 3.38. The summed E-state index contributed by atoms with van der Waals surface area (Å²) in [6, 6.07) is 6.64. The van der Waals surface area contributed by atoms with E-state index in [-0.39, 0.29) is 23.6 Å². The van der Waals surface area contributed by atoms with E-state index < -0.39 is 6.04 Å². The molecule has 7 heteroatoms. The minimum absolute atomic E-state index is 0.0146. The highest BCUT2D eigenvalue weighted by atomic mass is 16.5. The molecule has 2 aliphatic rings. The summed E-state index contributed by atoms with van der Waals surface area (Å²) in [5, 5.41) is 5.60. The zero-order valence-corrected chi connectivity index (χ0v) is 14.3. The molecule has 0 spiro atoms. The zero-order valence-electron chi connectivity index (χ0n) is 14.3. The van der Waals surface area contributed by atoms with Gasteiger partial charge in [-0.15, -0.1) is 0 Å². The van der Waals surface area contributed by atoms with Crippen LogP contribution in [-0.2, 0) is 14.4 Å². The van der Waals surface area contributed by atoms with E-state index in [4.69, 9.17) is 4.74 Å². The Balaban J connectivity index is 1.62. The van der Waals surface area contributed by atoms with E-state index in [1.54, 1.807) is 36.3 Å². The molecule has 2 fully saturated rings. The van der Waals surface area contributed by atoms with Gasteiger partial charge in [0.1, 0.15) is 11.8 Å². The largest absolute Gasteiger partial charge is 0.497 e. The molecular formula is C18H23N3O4. The molecule has 7 nitrogen and oxygen atoms in total. The Morgan fingerprint density at radius 1 is 1.24 bits per heavy atom. The smallest absolute Gasteiger partial charge is 0.247 e. The van der Waals surface area contributed by atoms with Gasteiger partial charge in [-0.25, -0.2) is 0 Å². The number of benzene rings is 1. The SMILES string of the molecule is COc1ccc(NC(=O)[C@@H]2CCCN2C(=O)[C@@H]2CCC(=O)NC2)cc1. The molecule has 2 aliphatic heterocycles. The number of hydrogen-bond donors (Lipinski definition) is 2. The Kier molecular flexibility index (Phi) is 5.21. The summed E-state index contributed by atoms with van der Waals surface area (Å²) in [7, 11) is 1.59. The molecule has 0 unspecified atom stereocenters. The van der Waals surface area contributed by atoms with Crippen molar-refractivity contribution in [2.75, 3.05) is 25.5 Å². The minimum atomic E-state index is -0.452. The van der Waals surface area contributed by atoms with Crippen molar-refractivity contribution in [1.82, 2.24) is 10.2 Å². The number of nitrogens with zero attached hydrogens (tertiary/aromatic N) is 1. The monoisotopic (exact) mass is 345 g/mol. The summed E-state index contributed by atoms with van der Waals surface area (Å²) in [6.45, 7) is 0.949. The summed E-state index contributed by atoms with van der Waals surface area (Å²) in [5.74, 6) is 0.268. The van der Waals surface area contributed by atoms with Crippen LogP contribution in [0.1, 0.15) is 25.7 Å². The van der Waals surface area contributed by atoms with Crippen molar-refractivity contribution in [2.24, 2.45) is 5.92 Å². The second-order valence-electron chi connectivity index (χ2n) is 6.45. The number of piperidine rings is 1. The summed E-state index contributed by atoms with van der Waals surface area (Å²) in [4.78, 5) is 38.3. The van der Waals surface area contributed by atoms with E-state index in [9.17, 15) is 14.4 Å². The Labute approximate surface area is 146 Å². The van der Waals surface area contributed by atoms with Crippen LogP contribution >= 0.6 is 0 Å². The second kappa shape index (κ2) is 7.55. The number of likely N-dealkylation sites (tertiary alicyclic amines) is 1. The van der Waals surface area contributed by atoms with E-state index in [0.717, 1.165) is 12.2 Å². The van der Waals surface area contributed by atoms with Gasteiger partial charge in [-0.2, -0.15) is 0 Å². The number of hydrogen-bond acceptors (Lipinski definition) is 4. The van der Waals surface area contributed by atoms with E-state index in [2.05, 4.69) is 10.6 Å². The molecule has 0 radical (unpaired) electrons. The molecule has 0 aromatic heterocycles. The molecule has 2 N–H and O–H groups in total. The van der Waals surface area contributed by atoms with Gasteiger partial charge in [0.05, 0.1) is 13.0 Å². The molecule has 1 aromatic carbocycles. The number of nitrogens with one attached hydrogen (secondary N) is 2. The van der Waals surface area contributed by atoms with Crippen LogP contribution in [0.25, 0.3) is 0 Å². The molecule has 3 rings (SSSR count). The number of methoxy groups -OCH3 is 1. The molecule has 25 heavy (non-hydrogen) atoms. The summed E-state index contributed by atoms with van der Waals surface area (Å²) in [6.07, 6.45) is 2.39. The number of ether oxygens (including phenoxy) is 1. The molecule has 0 saturated carbocycles. The molecule has 134 valence electrons. The third kappa shape index (κ3) is 3.92. The van der Waals surface area contributed by atoms with Crippen LogP contribution in [0.3, 0.4) is 0 Å². The van der Waals surface area contributed by atoms with Crippen molar-refractivity contribution in [2.45, 2.75) is 31.7 Å². The van der Waals surface area contributed by atoms with Gasteiger partial charge in [0.25, 0.3) is 0 Å². The van der Waals surface area contributed by atoms with E-state index in [1.165, 1.54) is 0 Å². The molecule has 3 amide bonds. The number of rotatable bonds is 4. The normalized spacial score (nSPS) is 23.1. The molecule has 1 aromatic rings. The minimum Gasteiger partial charge on any atom is -0.497 e. The van der Waals surface area contributed by atoms with Crippen LogP contribution in [0.5, 0.6) is 5.75 Å². The van der Waals surface area contributed by atoms with Crippen LogP contribution in [-0.4, -0.2) is 48.9 Å². The van der Waals surface area contributed by atoms with Crippen molar-refractivity contribution in [3.05, 3.63) is 24.3 Å². The van der Waals surface area contributed by atoms with Crippen LogP contribution in [0.4, 0.5) is 5.69 Å². The van der Waals surface area contributed by atoms with Gasteiger partial charge >= 0.3 is 0 Å². The maximum Gasteiger partial charge on any atom is 0.247 e. The summed E-state index contributed by atoms with van der Waals surface area (Å²) in [5.41, 5.74) is 0.676. The topological polar surface area (TPSA) is 87.7 Å². The van der Waals surface area contributed by atoms with E-state index in [1.807, 2.05) is 0 Å². The van der Waals surface area contributed by atoms with Crippen LogP contribution in [0, 0.1) is 5.92 Å².